The number of rotatable bonds is 5. The summed E-state index contributed by atoms with van der Waals surface area (Å²) in [7, 11) is 0. The first kappa shape index (κ1) is 17.2. The van der Waals surface area contributed by atoms with Crippen LogP contribution >= 0.6 is 0 Å². The average Bonchev–Trinajstić information content (AvgIpc) is 3.35. The van der Waals surface area contributed by atoms with Gasteiger partial charge in [-0.2, -0.15) is 0 Å². The van der Waals surface area contributed by atoms with E-state index in [1.807, 2.05) is 11.6 Å². The monoisotopic (exact) mass is 353 g/mol. The molecule has 4 rings (SSSR count). The van der Waals surface area contributed by atoms with Gasteiger partial charge in [0.05, 0.1) is 11.7 Å². The summed E-state index contributed by atoms with van der Waals surface area (Å²) in [6, 6.07) is 8.82. The van der Waals surface area contributed by atoms with Crippen LogP contribution in [0.5, 0.6) is 0 Å². The minimum Gasteiger partial charge on any atom is -0.350 e. The lowest BCUT2D eigenvalue weighted by molar-refractivity contribution is 0.0944. The molecule has 0 bridgehead atoms. The molecule has 2 aromatic rings. The number of aryl methyl sites for hydroxylation is 1. The third-order valence-electron chi connectivity index (χ3n) is 5.95. The molecule has 1 aromatic carbocycles. The minimum atomic E-state index is -0.109. The fraction of sp³-hybridized carbons (Fsp3) is 0.550. The molecule has 1 amide bonds. The van der Waals surface area contributed by atoms with Crippen LogP contribution in [-0.4, -0.2) is 40.5 Å². The average molecular weight is 353 g/mol. The van der Waals surface area contributed by atoms with Crippen molar-refractivity contribution in [2.45, 2.75) is 51.0 Å². The maximum atomic E-state index is 12.7. The molecule has 1 aromatic heterocycles. The first-order valence-corrected chi connectivity index (χ1v) is 9.57. The van der Waals surface area contributed by atoms with Gasteiger partial charge < -0.3 is 10.6 Å². The van der Waals surface area contributed by atoms with Gasteiger partial charge in [0, 0.05) is 12.0 Å². The van der Waals surface area contributed by atoms with Crippen LogP contribution in [0.15, 0.2) is 24.3 Å². The Morgan fingerprint density at radius 3 is 2.69 bits per heavy atom. The Labute approximate surface area is 154 Å². The molecule has 6 nitrogen and oxygen atoms in total. The van der Waals surface area contributed by atoms with Crippen LogP contribution in [0.4, 0.5) is 0 Å². The van der Waals surface area contributed by atoms with Crippen LogP contribution in [0, 0.1) is 13.8 Å². The molecule has 0 spiro atoms. The second kappa shape index (κ2) is 6.83. The van der Waals surface area contributed by atoms with Crippen molar-refractivity contribution in [1.82, 2.24) is 25.6 Å². The zero-order valence-corrected chi connectivity index (χ0v) is 15.6. The third-order valence-corrected chi connectivity index (χ3v) is 5.95. The first-order valence-electron chi connectivity index (χ1n) is 9.57. The molecule has 1 saturated heterocycles. The van der Waals surface area contributed by atoms with Crippen LogP contribution < -0.4 is 10.6 Å². The smallest absolute Gasteiger partial charge is 0.273 e. The van der Waals surface area contributed by atoms with Crippen molar-refractivity contribution in [3.8, 4) is 0 Å². The molecular weight excluding hydrogens is 326 g/mol. The van der Waals surface area contributed by atoms with Gasteiger partial charge in [-0.15, -0.1) is 5.10 Å². The van der Waals surface area contributed by atoms with Crippen molar-refractivity contribution >= 4 is 5.91 Å². The predicted molar refractivity (Wildman–Crippen MR) is 100 cm³/mol. The van der Waals surface area contributed by atoms with Gasteiger partial charge in [-0.05, 0) is 63.7 Å². The van der Waals surface area contributed by atoms with Crippen molar-refractivity contribution in [2.24, 2.45) is 0 Å². The number of hydrogen-bond donors (Lipinski definition) is 2. The number of amides is 1. The van der Waals surface area contributed by atoms with Gasteiger partial charge in [-0.25, -0.2) is 4.68 Å². The molecule has 0 radical (unpaired) electrons. The Morgan fingerprint density at radius 1 is 1.27 bits per heavy atom. The van der Waals surface area contributed by atoms with Crippen LogP contribution in [0.1, 0.15) is 59.0 Å². The number of carbonyl (C=O) groups excluding carboxylic acids is 1. The van der Waals surface area contributed by atoms with Gasteiger partial charge in [0.25, 0.3) is 5.91 Å². The van der Waals surface area contributed by atoms with Crippen LogP contribution in [-0.2, 0) is 5.41 Å². The summed E-state index contributed by atoms with van der Waals surface area (Å²) >= 11 is 0. The number of carbonyl (C=O) groups is 1. The van der Waals surface area contributed by atoms with Gasteiger partial charge >= 0.3 is 0 Å². The fourth-order valence-corrected chi connectivity index (χ4v) is 4.14. The summed E-state index contributed by atoms with van der Waals surface area (Å²) in [6.45, 7) is 6.74. The van der Waals surface area contributed by atoms with Gasteiger partial charge in [-0.1, -0.05) is 29.5 Å². The molecule has 2 fully saturated rings. The minimum absolute atomic E-state index is 0.0972. The number of nitrogens with one attached hydrogen (secondary N) is 2. The van der Waals surface area contributed by atoms with E-state index in [0.29, 0.717) is 18.3 Å². The Kier molecular flexibility index (Phi) is 4.53. The zero-order chi connectivity index (χ0) is 18.1. The van der Waals surface area contributed by atoms with Crippen LogP contribution in [0.3, 0.4) is 0 Å². The molecule has 2 aliphatic rings. The van der Waals surface area contributed by atoms with E-state index in [1.165, 1.54) is 11.1 Å². The van der Waals surface area contributed by atoms with E-state index in [4.69, 9.17) is 0 Å². The Morgan fingerprint density at radius 2 is 2.00 bits per heavy atom. The third kappa shape index (κ3) is 3.14. The van der Waals surface area contributed by atoms with E-state index < -0.39 is 0 Å². The van der Waals surface area contributed by atoms with E-state index in [9.17, 15) is 4.79 Å². The number of benzene rings is 1. The highest BCUT2D eigenvalue weighted by Crippen LogP contribution is 2.48. The highest BCUT2D eigenvalue weighted by atomic mass is 16.2. The van der Waals surface area contributed by atoms with Crippen LogP contribution in [0.2, 0.25) is 0 Å². The number of aromatic nitrogens is 3. The maximum absolute atomic E-state index is 12.7. The van der Waals surface area contributed by atoms with Crippen molar-refractivity contribution in [2.75, 3.05) is 19.6 Å². The maximum Gasteiger partial charge on any atom is 0.273 e. The summed E-state index contributed by atoms with van der Waals surface area (Å²) in [5, 5.41) is 14.9. The molecule has 0 atom stereocenters. The van der Waals surface area contributed by atoms with Gasteiger partial charge in [-0.3, -0.25) is 4.79 Å². The lowest BCUT2D eigenvalue weighted by Gasteiger charge is -2.23. The molecule has 1 aliphatic heterocycles. The highest BCUT2D eigenvalue weighted by Gasteiger charge is 2.45. The Hall–Kier alpha value is -2.21. The first-order chi connectivity index (χ1) is 12.6. The largest absolute Gasteiger partial charge is 0.350 e. The second-order valence-electron chi connectivity index (χ2n) is 7.73. The van der Waals surface area contributed by atoms with Gasteiger partial charge in [0.2, 0.25) is 0 Å². The number of piperidine rings is 1. The van der Waals surface area contributed by atoms with Crippen molar-refractivity contribution in [3.05, 3.63) is 46.8 Å². The molecule has 2 N–H and O–H groups in total. The molecule has 138 valence electrons. The lowest BCUT2D eigenvalue weighted by Crippen LogP contribution is -2.33. The van der Waals surface area contributed by atoms with E-state index >= 15 is 0 Å². The molecule has 26 heavy (non-hydrogen) atoms. The Bertz CT molecular complexity index is 802. The van der Waals surface area contributed by atoms with Gasteiger partial charge in [0.1, 0.15) is 0 Å². The molecule has 0 unspecified atom stereocenters. The second-order valence-corrected chi connectivity index (χ2v) is 7.73. The summed E-state index contributed by atoms with van der Waals surface area (Å²) in [6.07, 6.45) is 4.31. The van der Waals surface area contributed by atoms with Gasteiger partial charge in [0.15, 0.2) is 5.69 Å². The summed E-state index contributed by atoms with van der Waals surface area (Å²) < 4.78 is 1.93. The van der Waals surface area contributed by atoms with E-state index in [1.54, 1.807) is 0 Å². The highest BCUT2D eigenvalue weighted by molar-refractivity contribution is 5.93. The number of nitrogens with zero attached hydrogens (tertiary/aromatic N) is 3. The van der Waals surface area contributed by atoms with E-state index in [0.717, 1.165) is 44.5 Å². The molecular formula is C20H27N5O. The lowest BCUT2D eigenvalue weighted by atomic mass is 9.92. The SMILES string of the molecule is Cc1ccccc1C1(CNC(=O)c2nnn(C3CCNCC3)c2C)CC1. The normalized spacial score (nSPS) is 19.3. The molecule has 2 heterocycles. The fourth-order valence-electron chi connectivity index (χ4n) is 4.14. The van der Waals surface area contributed by atoms with Crippen molar-refractivity contribution in [1.29, 1.82) is 0 Å². The molecule has 1 aliphatic carbocycles. The standard InChI is InChI=1S/C20H27N5O/c1-14-5-3-4-6-17(14)20(9-10-20)13-22-19(26)18-15(2)25(24-23-18)16-7-11-21-12-8-16/h3-6,16,21H,7-13H2,1-2H3,(H,22,26). The summed E-state index contributed by atoms with van der Waals surface area (Å²) in [4.78, 5) is 12.7. The van der Waals surface area contributed by atoms with E-state index in [2.05, 4.69) is 52.1 Å². The summed E-state index contributed by atoms with van der Waals surface area (Å²) in [5.74, 6) is -0.109. The topological polar surface area (TPSA) is 71.8 Å². The number of hydrogen-bond acceptors (Lipinski definition) is 4. The summed E-state index contributed by atoms with van der Waals surface area (Å²) in [5.41, 5.74) is 4.09. The van der Waals surface area contributed by atoms with Crippen molar-refractivity contribution in [3.63, 3.8) is 0 Å². The molecule has 1 saturated carbocycles. The van der Waals surface area contributed by atoms with E-state index in [-0.39, 0.29) is 11.3 Å². The zero-order valence-electron chi connectivity index (χ0n) is 15.6. The predicted octanol–water partition coefficient (Wildman–Crippen LogP) is 2.28. The quantitative estimate of drug-likeness (QED) is 0.865. The van der Waals surface area contributed by atoms with Crippen molar-refractivity contribution < 1.29 is 4.79 Å². The van der Waals surface area contributed by atoms with Crippen LogP contribution in [0.25, 0.3) is 0 Å². The Balaban J connectivity index is 1.44. The molecule has 6 heteroatoms.